The lowest BCUT2D eigenvalue weighted by Crippen LogP contribution is -2.14. The summed E-state index contributed by atoms with van der Waals surface area (Å²) in [6, 6.07) is 19.9. The van der Waals surface area contributed by atoms with Crippen molar-refractivity contribution in [3.63, 3.8) is 0 Å². The zero-order chi connectivity index (χ0) is 33.3. The molecule has 11 rings (SSSR count). The first-order valence-corrected chi connectivity index (χ1v) is 20.6. The summed E-state index contributed by atoms with van der Waals surface area (Å²) in [4.78, 5) is 16.9. The molecule has 4 fully saturated rings. The van der Waals surface area contributed by atoms with Gasteiger partial charge in [-0.3, -0.25) is 0 Å². The SMILES string of the molecule is SS.c1cc(-c2ccc(-c3ccc(-c4cnc([C@@H]5CCCN5)[nH]4)c4c3C3CCC4C3)c3c2C2CCC3C2)ccc1-c1cnc([C@@H]2CCCN2)[nH]1. The van der Waals surface area contributed by atoms with E-state index in [2.05, 4.69) is 98.7 Å². The predicted octanol–water partition coefficient (Wildman–Crippen LogP) is 10.1. The molecule has 0 amide bonds. The van der Waals surface area contributed by atoms with Crippen LogP contribution in [0.4, 0.5) is 0 Å². The van der Waals surface area contributed by atoms with Crippen molar-refractivity contribution in [1.82, 2.24) is 30.6 Å². The largest absolute Gasteiger partial charge is 0.341 e. The Labute approximate surface area is 305 Å². The van der Waals surface area contributed by atoms with E-state index < -0.39 is 0 Å². The predicted molar refractivity (Wildman–Crippen MR) is 209 cm³/mol. The maximum Gasteiger partial charge on any atom is 0.123 e. The first-order chi connectivity index (χ1) is 24.8. The number of thiol groups is 2. The van der Waals surface area contributed by atoms with Crippen molar-refractivity contribution in [2.45, 2.75) is 100.0 Å². The van der Waals surface area contributed by atoms with Crippen molar-refractivity contribution < 1.29 is 0 Å². The molecular formula is C42H46N6S2. The van der Waals surface area contributed by atoms with E-state index in [0.717, 1.165) is 36.9 Å². The van der Waals surface area contributed by atoms with Gasteiger partial charge in [0, 0.05) is 5.56 Å². The van der Waals surface area contributed by atoms with E-state index in [1.807, 2.05) is 6.20 Å². The monoisotopic (exact) mass is 698 g/mol. The molecule has 256 valence electrons. The molecule has 2 aromatic heterocycles. The molecule has 2 aliphatic heterocycles. The normalized spacial score (nSPS) is 27.1. The van der Waals surface area contributed by atoms with E-state index in [-0.39, 0.29) is 0 Å². The van der Waals surface area contributed by atoms with Crippen LogP contribution < -0.4 is 10.6 Å². The number of aromatic amines is 2. The van der Waals surface area contributed by atoms with E-state index >= 15 is 0 Å². The van der Waals surface area contributed by atoms with Gasteiger partial charge in [0.25, 0.3) is 0 Å². The molecule has 4 aliphatic carbocycles. The van der Waals surface area contributed by atoms with E-state index in [0.29, 0.717) is 35.8 Å². The number of rotatable bonds is 6. The minimum Gasteiger partial charge on any atom is -0.341 e. The number of nitrogens with zero attached hydrogens (tertiary/aromatic N) is 2. The molecule has 6 atom stereocenters. The molecule has 4 N–H and O–H groups in total. The van der Waals surface area contributed by atoms with Crippen LogP contribution in [0.5, 0.6) is 0 Å². The quantitative estimate of drug-likeness (QED) is 0.0788. The van der Waals surface area contributed by atoms with Crippen LogP contribution in [0, 0.1) is 0 Å². The molecule has 4 heterocycles. The topological polar surface area (TPSA) is 81.4 Å². The van der Waals surface area contributed by atoms with E-state index in [1.165, 1.54) is 96.9 Å². The second-order valence-corrected chi connectivity index (χ2v) is 15.6. The Morgan fingerprint density at radius 3 is 1.46 bits per heavy atom. The van der Waals surface area contributed by atoms with Gasteiger partial charge < -0.3 is 20.6 Å². The van der Waals surface area contributed by atoms with Gasteiger partial charge in [-0.05, 0) is 151 Å². The number of H-pyrrole nitrogens is 2. The van der Waals surface area contributed by atoms with E-state index in [1.54, 1.807) is 22.3 Å². The summed E-state index contributed by atoms with van der Waals surface area (Å²) < 4.78 is 0. The van der Waals surface area contributed by atoms with Gasteiger partial charge in [0.15, 0.2) is 0 Å². The van der Waals surface area contributed by atoms with Crippen molar-refractivity contribution in [3.05, 3.63) is 94.8 Å². The highest BCUT2D eigenvalue weighted by Crippen LogP contribution is 2.62. The van der Waals surface area contributed by atoms with Gasteiger partial charge in [0.1, 0.15) is 11.6 Å². The summed E-state index contributed by atoms with van der Waals surface area (Å²) in [6.45, 7) is 2.18. The molecule has 2 saturated heterocycles. The van der Waals surface area contributed by atoms with Crippen LogP contribution in [0.1, 0.15) is 134 Å². The molecular weight excluding hydrogens is 653 g/mol. The molecule has 4 unspecified atom stereocenters. The van der Waals surface area contributed by atoms with Crippen LogP contribution in [0.2, 0.25) is 0 Å². The third-order valence-corrected chi connectivity index (χ3v) is 13.1. The van der Waals surface area contributed by atoms with Crippen LogP contribution in [0.25, 0.3) is 44.8 Å². The Morgan fingerprint density at radius 2 is 0.920 bits per heavy atom. The number of imidazole rings is 2. The zero-order valence-electron chi connectivity index (χ0n) is 28.5. The Bertz CT molecular complexity index is 2050. The van der Waals surface area contributed by atoms with Gasteiger partial charge in [-0.2, -0.15) is 0 Å². The average Bonchev–Trinajstić information content (AvgIpc) is 4.03. The van der Waals surface area contributed by atoms with Crippen molar-refractivity contribution in [2.75, 3.05) is 13.1 Å². The Kier molecular flexibility index (Phi) is 8.00. The molecule has 5 aromatic rings. The number of hydrogen-bond donors (Lipinski definition) is 6. The Morgan fingerprint density at radius 1 is 0.480 bits per heavy atom. The van der Waals surface area contributed by atoms with Gasteiger partial charge in [-0.25, -0.2) is 9.97 Å². The second kappa shape index (κ2) is 12.7. The first-order valence-electron chi connectivity index (χ1n) is 19.0. The standard InChI is InChI=1S/C42H44N6.H2S2/c1-3-33(43-17-1)41-45-21-35(47-41)24-7-5-23(6-8-24)29-13-14-30(38-26-10-9-25(19-26)37(29)38)31-15-16-32(40-28-12-11-27(20-28)39(31)40)36-22-46-42(48-36)34-4-2-18-44-34;1-2/h5-8,13-16,21-22,25-28,33-34,43-44H,1-4,9-12,17-20H2,(H,45,47)(H,46,48);1-2H/t25?,26?,27?,28?,33-,34-;/m0./s1. The second-order valence-electron chi connectivity index (χ2n) is 15.6. The summed E-state index contributed by atoms with van der Waals surface area (Å²) in [5.74, 6) is 4.92. The maximum absolute atomic E-state index is 4.87. The molecule has 50 heavy (non-hydrogen) atoms. The molecule has 0 radical (unpaired) electrons. The van der Waals surface area contributed by atoms with Gasteiger partial charge in [0.05, 0.1) is 35.9 Å². The average molecular weight is 699 g/mol. The van der Waals surface area contributed by atoms with Crippen LogP contribution in [-0.2, 0) is 0 Å². The van der Waals surface area contributed by atoms with Crippen LogP contribution in [-0.4, -0.2) is 33.0 Å². The van der Waals surface area contributed by atoms with Crippen LogP contribution in [0.15, 0.2) is 60.9 Å². The fourth-order valence-electron chi connectivity index (χ4n) is 11.0. The molecule has 6 nitrogen and oxygen atoms in total. The molecule has 3 aromatic carbocycles. The fraction of sp³-hybridized carbons (Fsp3) is 0.429. The number of nitrogens with one attached hydrogen (secondary N) is 4. The smallest absolute Gasteiger partial charge is 0.123 e. The highest BCUT2D eigenvalue weighted by molar-refractivity contribution is 8.59. The van der Waals surface area contributed by atoms with Gasteiger partial charge in [0.2, 0.25) is 0 Å². The molecule has 4 bridgehead atoms. The summed E-state index contributed by atoms with van der Waals surface area (Å²) in [5, 5.41) is 7.19. The minimum absolute atomic E-state index is 0.361. The third kappa shape index (κ3) is 5.00. The van der Waals surface area contributed by atoms with Crippen molar-refractivity contribution in [2.24, 2.45) is 0 Å². The zero-order valence-corrected chi connectivity index (χ0v) is 30.3. The highest BCUT2D eigenvalue weighted by Gasteiger charge is 2.44. The molecule has 0 spiro atoms. The van der Waals surface area contributed by atoms with Gasteiger partial charge >= 0.3 is 0 Å². The summed E-state index contributed by atoms with van der Waals surface area (Å²) in [6.07, 6.45) is 16.9. The number of aromatic nitrogens is 4. The van der Waals surface area contributed by atoms with Gasteiger partial charge in [-0.1, -0.05) is 48.5 Å². The van der Waals surface area contributed by atoms with Gasteiger partial charge in [-0.15, -0.1) is 23.3 Å². The summed E-state index contributed by atoms with van der Waals surface area (Å²) >= 11 is 6.44. The first kappa shape index (κ1) is 31.4. The van der Waals surface area contributed by atoms with Crippen molar-refractivity contribution >= 4 is 23.3 Å². The van der Waals surface area contributed by atoms with E-state index in [4.69, 9.17) is 9.97 Å². The Hall–Kier alpha value is -3.30. The van der Waals surface area contributed by atoms with Crippen molar-refractivity contribution in [3.8, 4) is 44.8 Å². The number of hydrogen-bond acceptors (Lipinski definition) is 6. The number of benzene rings is 3. The van der Waals surface area contributed by atoms with Crippen molar-refractivity contribution in [1.29, 1.82) is 0 Å². The lowest BCUT2D eigenvalue weighted by atomic mass is 9.77. The summed E-state index contributed by atoms with van der Waals surface area (Å²) in [7, 11) is 0. The lowest BCUT2D eigenvalue weighted by Gasteiger charge is -2.27. The fourth-order valence-corrected chi connectivity index (χ4v) is 11.0. The molecule has 2 saturated carbocycles. The van der Waals surface area contributed by atoms with Crippen LogP contribution >= 0.6 is 23.3 Å². The minimum atomic E-state index is 0.361. The third-order valence-electron chi connectivity index (χ3n) is 13.1. The molecule has 8 heteroatoms. The highest BCUT2D eigenvalue weighted by atomic mass is 33.1. The van der Waals surface area contributed by atoms with E-state index in [9.17, 15) is 0 Å². The maximum atomic E-state index is 4.87. The number of fused-ring (bicyclic) bond motifs is 10. The van der Waals surface area contributed by atoms with Crippen LogP contribution in [0.3, 0.4) is 0 Å². The summed E-state index contributed by atoms with van der Waals surface area (Å²) in [5.41, 5.74) is 17.4. The Balaban J connectivity index is 0.00000156. The molecule has 6 aliphatic rings. The lowest BCUT2D eigenvalue weighted by molar-refractivity contribution is 0.613.